The van der Waals surface area contributed by atoms with Crippen LogP contribution < -0.4 is 0 Å². The Morgan fingerprint density at radius 2 is 2.15 bits per heavy atom. The number of hydrogen-bond acceptors (Lipinski definition) is 4. The van der Waals surface area contributed by atoms with Gasteiger partial charge in [0.25, 0.3) is 0 Å². The molecule has 1 aromatic heterocycles. The Morgan fingerprint density at radius 1 is 1.35 bits per heavy atom. The molecule has 1 N–H and O–H groups in total. The molecule has 106 valence electrons. The molecule has 0 bridgehead atoms. The number of rotatable bonds is 6. The zero-order chi connectivity index (χ0) is 14.5. The Morgan fingerprint density at radius 3 is 2.85 bits per heavy atom. The minimum absolute atomic E-state index is 0.161. The van der Waals surface area contributed by atoms with Gasteiger partial charge in [0.05, 0.1) is 0 Å². The molecule has 0 fully saturated rings. The molecular formula is C14H15ClN2O3. The number of benzene rings is 1. The van der Waals surface area contributed by atoms with Gasteiger partial charge in [-0.1, -0.05) is 17.7 Å². The minimum atomic E-state index is -0.787. The Labute approximate surface area is 121 Å². The summed E-state index contributed by atoms with van der Waals surface area (Å²) in [6.07, 6.45) is 2.06. The second-order valence-electron chi connectivity index (χ2n) is 4.57. The van der Waals surface area contributed by atoms with Gasteiger partial charge in [0.1, 0.15) is 0 Å². The summed E-state index contributed by atoms with van der Waals surface area (Å²) in [7, 11) is 0. The fourth-order valence-corrected chi connectivity index (χ4v) is 1.93. The first-order valence-electron chi connectivity index (χ1n) is 6.37. The maximum Gasteiger partial charge on any atom is 0.303 e. The standard InChI is InChI=1S/C14H15ClN2O3/c1-9-6-7-10(8-11(9)15)14-17-16-12(20-14)4-2-3-5-13(18)19/h6-8H,2-5H2,1H3,(H,18,19). The van der Waals surface area contributed by atoms with Gasteiger partial charge in [-0.15, -0.1) is 10.2 Å². The Kier molecular flexibility index (Phi) is 4.74. The Hall–Kier alpha value is -1.88. The monoisotopic (exact) mass is 294 g/mol. The highest BCUT2D eigenvalue weighted by atomic mass is 35.5. The summed E-state index contributed by atoms with van der Waals surface area (Å²) in [5.41, 5.74) is 1.77. The van der Waals surface area contributed by atoms with Gasteiger partial charge < -0.3 is 9.52 Å². The lowest BCUT2D eigenvalue weighted by atomic mass is 10.1. The molecule has 2 rings (SSSR count). The fraction of sp³-hybridized carbons (Fsp3) is 0.357. The van der Waals surface area contributed by atoms with E-state index in [1.807, 2.05) is 19.1 Å². The third kappa shape index (κ3) is 3.81. The smallest absolute Gasteiger partial charge is 0.303 e. The molecule has 2 aromatic rings. The molecule has 5 nitrogen and oxygen atoms in total. The van der Waals surface area contributed by atoms with Crippen LogP contribution in [0, 0.1) is 6.92 Å². The van der Waals surface area contributed by atoms with Crippen LogP contribution in [0.5, 0.6) is 0 Å². The molecule has 1 heterocycles. The number of carbonyl (C=O) groups is 1. The van der Waals surface area contributed by atoms with E-state index in [2.05, 4.69) is 10.2 Å². The van der Waals surface area contributed by atoms with Crippen LogP contribution in [0.1, 0.15) is 30.7 Å². The van der Waals surface area contributed by atoms with Crippen molar-refractivity contribution in [2.24, 2.45) is 0 Å². The molecule has 0 aliphatic rings. The van der Waals surface area contributed by atoms with E-state index in [4.69, 9.17) is 21.1 Å². The van der Waals surface area contributed by atoms with Crippen LogP contribution in [0.3, 0.4) is 0 Å². The molecule has 1 aromatic carbocycles. The topological polar surface area (TPSA) is 76.2 Å². The van der Waals surface area contributed by atoms with Gasteiger partial charge in [-0.2, -0.15) is 0 Å². The number of aromatic nitrogens is 2. The van der Waals surface area contributed by atoms with Gasteiger partial charge in [0, 0.05) is 23.4 Å². The van der Waals surface area contributed by atoms with E-state index in [0.29, 0.717) is 36.1 Å². The molecule has 20 heavy (non-hydrogen) atoms. The molecule has 6 heteroatoms. The van der Waals surface area contributed by atoms with Crippen LogP contribution in [-0.4, -0.2) is 21.3 Å². The van der Waals surface area contributed by atoms with Crippen LogP contribution in [0.15, 0.2) is 22.6 Å². The van der Waals surface area contributed by atoms with E-state index in [1.54, 1.807) is 6.07 Å². The summed E-state index contributed by atoms with van der Waals surface area (Å²) in [4.78, 5) is 10.4. The molecular weight excluding hydrogens is 280 g/mol. The van der Waals surface area contributed by atoms with Gasteiger partial charge in [-0.3, -0.25) is 4.79 Å². The molecule has 0 atom stereocenters. The van der Waals surface area contributed by atoms with Crippen molar-refractivity contribution in [1.82, 2.24) is 10.2 Å². The van der Waals surface area contributed by atoms with Crippen molar-refractivity contribution in [3.63, 3.8) is 0 Å². The lowest BCUT2D eigenvalue weighted by Gasteiger charge is -1.99. The first kappa shape index (κ1) is 14.5. The SMILES string of the molecule is Cc1ccc(-c2nnc(CCCCC(=O)O)o2)cc1Cl. The molecule has 0 aliphatic heterocycles. The number of unbranched alkanes of at least 4 members (excludes halogenated alkanes) is 1. The molecule has 0 saturated carbocycles. The number of aryl methyl sites for hydroxylation is 2. The summed E-state index contributed by atoms with van der Waals surface area (Å²) in [5.74, 6) is 0.160. The van der Waals surface area contributed by atoms with E-state index >= 15 is 0 Å². The third-order valence-electron chi connectivity index (χ3n) is 2.92. The zero-order valence-corrected chi connectivity index (χ0v) is 11.9. The summed E-state index contributed by atoms with van der Waals surface area (Å²) in [6.45, 7) is 1.92. The number of nitrogens with zero attached hydrogens (tertiary/aromatic N) is 2. The molecule has 0 aliphatic carbocycles. The van der Waals surface area contributed by atoms with E-state index in [-0.39, 0.29) is 6.42 Å². The van der Waals surface area contributed by atoms with Crippen molar-refractivity contribution >= 4 is 17.6 Å². The minimum Gasteiger partial charge on any atom is -0.481 e. The largest absolute Gasteiger partial charge is 0.481 e. The van der Waals surface area contributed by atoms with Crippen molar-refractivity contribution in [3.05, 3.63) is 34.7 Å². The summed E-state index contributed by atoms with van der Waals surface area (Å²) >= 11 is 6.06. The quantitative estimate of drug-likeness (QED) is 0.825. The number of hydrogen-bond donors (Lipinski definition) is 1. The highest BCUT2D eigenvalue weighted by Gasteiger charge is 2.10. The molecule has 0 saturated heterocycles. The van der Waals surface area contributed by atoms with Gasteiger partial charge in [-0.05, 0) is 37.5 Å². The lowest BCUT2D eigenvalue weighted by molar-refractivity contribution is -0.137. The fourth-order valence-electron chi connectivity index (χ4n) is 1.75. The van der Waals surface area contributed by atoms with E-state index in [0.717, 1.165) is 11.1 Å². The summed E-state index contributed by atoms with van der Waals surface area (Å²) in [5, 5.41) is 17.1. The first-order chi connectivity index (χ1) is 9.56. The van der Waals surface area contributed by atoms with E-state index in [1.165, 1.54) is 0 Å². The maximum atomic E-state index is 10.4. The van der Waals surface area contributed by atoms with Crippen LogP contribution in [0.4, 0.5) is 0 Å². The molecule has 0 unspecified atom stereocenters. The van der Waals surface area contributed by atoms with Gasteiger partial charge in [0.2, 0.25) is 11.8 Å². The summed E-state index contributed by atoms with van der Waals surface area (Å²) < 4.78 is 5.54. The predicted octanol–water partition coefficient (Wildman–Crippen LogP) is 3.50. The normalized spacial score (nSPS) is 10.7. The van der Waals surface area contributed by atoms with Gasteiger partial charge >= 0.3 is 5.97 Å². The number of aliphatic carboxylic acids is 1. The number of halogens is 1. The average Bonchev–Trinajstić information content (AvgIpc) is 2.86. The molecule has 0 radical (unpaired) electrons. The van der Waals surface area contributed by atoms with Crippen molar-refractivity contribution in [1.29, 1.82) is 0 Å². The maximum absolute atomic E-state index is 10.4. The predicted molar refractivity (Wildman–Crippen MR) is 74.7 cm³/mol. The van der Waals surface area contributed by atoms with Crippen molar-refractivity contribution in [3.8, 4) is 11.5 Å². The summed E-state index contributed by atoms with van der Waals surface area (Å²) in [6, 6.07) is 5.57. The van der Waals surface area contributed by atoms with Crippen LogP contribution in [-0.2, 0) is 11.2 Å². The number of carboxylic acids is 1. The van der Waals surface area contributed by atoms with Crippen LogP contribution in [0.2, 0.25) is 5.02 Å². The first-order valence-corrected chi connectivity index (χ1v) is 6.75. The Balaban J connectivity index is 1.97. The Bertz CT molecular complexity index is 610. The highest BCUT2D eigenvalue weighted by Crippen LogP contribution is 2.24. The number of carboxylic acid groups (broad SMARTS) is 1. The van der Waals surface area contributed by atoms with E-state index in [9.17, 15) is 4.79 Å². The van der Waals surface area contributed by atoms with Crippen molar-refractivity contribution in [2.45, 2.75) is 32.6 Å². The van der Waals surface area contributed by atoms with E-state index < -0.39 is 5.97 Å². The molecule has 0 amide bonds. The zero-order valence-electron chi connectivity index (χ0n) is 11.1. The van der Waals surface area contributed by atoms with Crippen molar-refractivity contribution in [2.75, 3.05) is 0 Å². The average molecular weight is 295 g/mol. The van der Waals surface area contributed by atoms with Gasteiger partial charge in [0.15, 0.2) is 0 Å². The van der Waals surface area contributed by atoms with Gasteiger partial charge in [-0.25, -0.2) is 0 Å². The highest BCUT2D eigenvalue weighted by molar-refractivity contribution is 6.31. The van der Waals surface area contributed by atoms with Crippen LogP contribution in [0.25, 0.3) is 11.5 Å². The lowest BCUT2D eigenvalue weighted by Crippen LogP contribution is -1.95. The third-order valence-corrected chi connectivity index (χ3v) is 3.32. The molecule has 0 spiro atoms. The van der Waals surface area contributed by atoms with Crippen molar-refractivity contribution < 1.29 is 14.3 Å². The van der Waals surface area contributed by atoms with Crippen LogP contribution >= 0.6 is 11.6 Å². The second-order valence-corrected chi connectivity index (χ2v) is 4.97. The second kappa shape index (κ2) is 6.52.